The molecule has 0 fully saturated rings. The van der Waals surface area contributed by atoms with Gasteiger partial charge in [0.25, 0.3) is 0 Å². The molecule has 0 aliphatic carbocycles. The Balaban J connectivity index is 3.62. The molecule has 64 valence electrons. The van der Waals surface area contributed by atoms with E-state index in [0.717, 1.165) is 6.04 Å². The van der Waals surface area contributed by atoms with Crippen LogP contribution in [0.15, 0.2) is 0 Å². The van der Waals surface area contributed by atoms with Crippen LogP contribution in [0.3, 0.4) is 0 Å². The molecule has 0 aliphatic rings. The molecular formula is C7H15NO2Si. The zero-order valence-electron chi connectivity index (χ0n) is 7.39. The first-order valence-electron chi connectivity index (χ1n) is 3.66. The van der Waals surface area contributed by atoms with Crippen molar-refractivity contribution in [3.8, 4) is 6.07 Å². The molecule has 0 saturated carbocycles. The zero-order valence-corrected chi connectivity index (χ0v) is 8.80. The van der Waals surface area contributed by atoms with E-state index < -0.39 is 9.52 Å². The van der Waals surface area contributed by atoms with E-state index >= 15 is 0 Å². The summed E-state index contributed by atoms with van der Waals surface area (Å²) < 4.78 is 10.3. The summed E-state index contributed by atoms with van der Waals surface area (Å²) in [6.45, 7) is 1.93. The molecule has 0 aromatic heterocycles. The van der Waals surface area contributed by atoms with E-state index in [9.17, 15) is 0 Å². The molecule has 0 bridgehead atoms. The lowest BCUT2D eigenvalue weighted by Crippen LogP contribution is -2.36. The summed E-state index contributed by atoms with van der Waals surface area (Å²) in [5, 5.41) is 8.30. The Kier molecular flexibility index (Phi) is 5.12. The minimum atomic E-state index is -0.449. The quantitative estimate of drug-likeness (QED) is 0.344. The number of hydrogen-bond acceptors (Lipinski definition) is 3. The molecule has 0 aromatic rings. The summed E-state index contributed by atoms with van der Waals surface area (Å²) in [6, 6.07) is 3.07. The second-order valence-electron chi connectivity index (χ2n) is 2.55. The van der Waals surface area contributed by atoms with Crippen molar-refractivity contribution in [1.29, 1.82) is 5.26 Å². The van der Waals surface area contributed by atoms with Crippen molar-refractivity contribution in [3.05, 3.63) is 0 Å². The topological polar surface area (TPSA) is 42.2 Å². The van der Waals surface area contributed by atoms with Crippen molar-refractivity contribution in [2.75, 3.05) is 14.2 Å². The minimum absolute atomic E-state index is 0.378. The van der Waals surface area contributed by atoms with Gasteiger partial charge >= 0.3 is 0 Å². The Labute approximate surface area is 70.1 Å². The van der Waals surface area contributed by atoms with Gasteiger partial charge in [-0.25, -0.2) is 0 Å². The Morgan fingerprint density at radius 2 is 2.00 bits per heavy atom. The summed E-state index contributed by atoms with van der Waals surface area (Å²) in [6.07, 6.45) is 0.620. The number of nitriles is 1. The maximum atomic E-state index is 8.30. The van der Waals surface area contributed by atoms with Crippen LogP contribution in [0, 0.1) is 11.3 Å². The monoisotopic (exact) mass is 173 g/mol. The molecule has 0 radical (unpaired) electrons. The standard InChI is InChI=1S/C7H15NO2Si/c1-7(9-2,10-3)11-6-4-5-8/h4,6,11H2,1-3H3. The number of hydrogen-bond donors (Lipinski definition) is 0. The van der Waals surface area contributed by atoms with Crippen LogP contribution in [0.1, 0.15) is 13.3 Å². The van der Waals surface area contributed by atoms with Crippen LogP contribution in [-0.4, -0.2) is 29.1 Å². The first kappa shape index (κ1) is 10.6. The van der Waals surface area contributed by atoms with E-state index in [0.29, 0.717) is 6.42 Å². The Hall–Kier alpha value is -0.373. The van der Waals surface area contributed by atoms with Gasteiger partial charge in [-0.2, -0.15) is 5.26 Å². The zero-order chi connectivity index (χ0) is 8.74. The van der Waals surface area contributed by atoms with Crippen LogP contribution >= 0.6 is 0 Å². The predicted molar refractivity (Wildman–Crippen MR) is 46.0 cm³/mol. The third-order valence-corrected chi connectivity index (χ3v) is 3.98. The molecule has 0 N–H and O–H groups in total. The summed E-state index contributed by atoms with van der Waals surface area (Å²) >= 11 is 0. The van der Waals surface area contributed by atoms with Crippen molar-refractivity contribution >= 4 is 9.52 Å². The smallest absolute Gasteiger partial charge is 0.141 e. The van der Waals surface area contributed by atoms with Crippen LogP contribution in [0.4, 0.5) is 0 Å². The second kappa shape index (κ2) is 5.30. The Bertz CT molecular complexity index is 140. The van der Waals surface area contributed by atoms with Crippen molar-refractivity contribution < 1.29 is 9.47 Å². The fraction of sp³-hybridized carbons (Fsp3) is 0.857. The van der Waals surface area contributed by atoms with Crippen molar-refractivity contribution in [1.82, 2.24) is 0 Å². The van der Waals surface area contributed by atoms with Gasteiger partial charge in [0.15, 0.2) is 0 Å². The van der Waals surface area contributed by atoms with E-state index in [1.807, 2.05) is 6.92 Å². The molecule has 0 aromatic carbocycles. The molecule has 0 atom stereocenters. The minimum Gasteiger partial charge on any atom is -0.358 e. The molecule has 0 spiro atoms. The van der Waals surface area contributed by atoms with Crippen LogP contribution in [0.2, 0.25) is 6.04 Å². The normalized spacial score (nSPS) is 12.2. The average molecular weight is 173 g/mol. The SMILES string of the molecule is COC(C)(OC)[SiH2]CCC#N. The van der Waals surface area contributed by atoms with E-state index in [2.05, 4.69) is 6.07 Å². The Morgan fingerprint density at radius 1 is 1.45 bits per heavy atom. The Morgan fingerprint density at radius 3 is 2.36 bits per heavy atom. The summed E-state index contributed by atoms with van der Waals surface area (Å²) in [5.41, 5.74) is -0.378. The fourth-order valence-electron chi connectivity index (χ4n) is 0.776. The largest absolute Gasteiger partial charge is 0.358 e. The molecule has 0 aliphatic heterocycles. The highest BCUT2D eigenvalue weighted by Gasteiger charge is 2.21. The van der Waals surface area contributed by atoms with Crippen LogP contribution in [-0.2, 0) is 9.47 Å². The first-order valence-corrected chi connectivity index (χ1v) is 5.36. The lowest BCUT2D eigenvalue weighted by Gasteiger charge is -2.25. The number of ether oxygens (including phenoxy) is 2. The van der Waals surface area contributed by atoms with Crippen molar-refractivity contribution in [2.24, 2.45) is 0 Å². The molecule has 0 rings (SSSR count). The van der Waals surface area contributed by atoms with E-state index in [4.69, 9.17) is 14.7 Å². The molecule has 0 unspecified atom stereocenters. The highest BCUT2D eigenvalue weighted by molar-refractivity contribution is 6.38. The summed E-state index contributed by atoms with van der Waals surface area (Å²) in [4.78, 5) is 0. The van der Waals surface area contributed by atoms with Crippen LogP contribution in [0.25, 0.3) is 0 Å². The molecule has 0 saturated heterocycles. The number of methoxy groups -OCH3 is 2. The molecule has 11 heavy (non-hydrogen) atoms. The van der Waals surface area contributed by atoms with Gasteiger partial charge in [-0.1, -0.05) is 0 Å². The lowest BCUT2D eigenvalue weighted by atomic mass is 10.6. The van der Waals surface area contributed by atoms with Gasteiger partial charge < -0.3 is 9.47 Å². The van der Waals surface area contributed by atoms with Crippen molar-refractivity contribution in [3.63, 3.8) is 0 Å². The van der Waals surface area contributed by atoms with Crippen molar-refractivity contribution in [2.45, 2.75) is 24.8 Å². The van der Waals surface area contributed by atoms with E-state index in [1.165, 1.54) is 0 Å². The van der Waals surface area contributed by atoms with E-state index in [1.54, 1.807) is 14.2 Å². The van der Waals surface area contributed by atoms with Gasteiger partial charge in [-0.15, -0.1) is 0 Å². The van der Waals surface area contributed by atoms with Crippen LogP contribution in [0.5, 0.6) is 0 Å². The molecule has 3 nitrogen and oxygen atoms in total. The molecular weight excluding hydrogens is 158 g/mol. The number of rotatable bonds is 5. The number of nitrogens with zero attached hydrogens (tertiary/aromatic N) is 1. The third-order valence-electron chi connectivity index (χ3n) is 1.78. The highest BCUT2D eigenvalue weighted by Crippen LogP contribution is 2.09. The summed E-state index contributed by atoms with van der Waals surface area (Å²) in [5.74, 6) is 0. The second-order valence-corrected chi connectivity index (χ2v) is 5.05. The van der Waals surface area contributed by atoms with Gasteiger partial charge in [0.1, 0.15) is 5.41 Å². The van der Waals surface area contributed by atoms with Gasteiger partial charge in [0.2, 0.25) is 0 Å². The third kappa shape index (κ3) is 4.14. The first-order chi connectivity index (χ1) is 5.18. The highest BCUT2D eigenvalue weighted by atomic mass is 28.2. The fourth-order valence-corrected chi connectivity index (χ4v) is 2.16. The van der Waals surface area contributed by atoms with E-state index in [-0.39, 0.29) is 5.41 Å². The lowest BCUT2D eigenvalue weighted by molar-refractivity contribution is -0.130. The maximum Gasteiger partial charge on any atom is 0.141 e. The summed E-state index contributed by atoms with van der Waals surface area (Å²) in [7, 11) is 2.83. The molecule has 0 heterocycles. The van der Waals surface area contributed by atoms with Gasteiger partial charge in [-0.05, 0) is 13.0 Å². The maximum absolute atomic E-state index is 8.30. The molecule has 4 heteroatoms. The average Bonchev–Trinajstić information content (AvgIpc) is 2.05. The predicted octanol–water partition coefficient (Wildman–Crippen LogP) is 0.454. The van der Waals surface area contributed by atoms with Crippen LogP contribution < -0.4 is 0 Å². The van der Waals surface area contributed by atoms with Gasteiger partial charge in [0.05, 0.1) is 15.6 Å². The molecule has 0 amide bonds. The van der Waals surface area contributed by atoms with Gasteiger partial charge in [-0.3, -0.25) is 0 Å². The van der Waals surface area contributed by atoms with Gasteiger partial charge in [0, 0.05) is 20.6 Å².